The molecular weight excluding hydrogens is 238 g/mol. The Hall–Kier alpha value is -1.68. The summed E-state index contributed by atoms with van der Waals surface area (Å²) in [6.07, 6.45) is 1.68. The van der Waals surface area contributed by atoms with Crippen molar-refractivity contribution in [1.29, 1.82) is 0 Å². The third-order valence-corrected chi connectivity index (χ3v) is 2.78. The van der Waals surface area contributed by atoms with E-state index >= 15 is 0 Å². The van der Waals surface area contributed by atoms with Crippen LogP contribution in [0, 0.1) is 6.92 Å². The summed E-state index contributed by atoms with van der Waals surface area (Å²) in [4.78, 5) is 7.25. The molecule has 0 atom stereocenters. The van der Waals surface area contributed by atoms with Gasteiger partial charge in [-0.2, -0.15) is 0 Å². The molecule has 1 aromatic heterocycles. The van der Waals surface area contributed by atoms with Gasteiger partial charge in [0.1, 0.15) is 5.75 Å². The molecule has 2 aromatic rings. The molecule has 0 fully saturated rings. The van der Waals surface area contributed by atoms with Crippen LogP contribution in [0.3, 0.4) is 0 Å². The number of halogens is 1. The zero-order valence-electron chi connectivity index (χ0n) is 9.75. The molecular formula is C12H14ClN3O. The van der Waals surface area contributed by atoms with Crippen LogP contribution in [0.25, 0.3) is 0 Å². The van der Waals surface area contributed by atoms with Gasteiger partial charge in [-0.05, 0) is 25.1 Å². The average molecular weight is 252 g/mol. The summed E-state index contributed by atoms with van der Waals surface area (Å²) in [5.41, 5.74) is 2.90. The van der Waals surface area contributed by atoms with Crippen molar-refractivity contribution in [2.75, 3.05) is 12.4 Å². The molecule has 0 bridgehead atoms. The molecule has 2 rings (SSSR count). The monoisotopic (exact) mass is 251 g/mol. The lowest BCUT2D eigenvalue weighted by Gasteiger charge is -2.10. The molecule has 0 spiro atoms. The van der Waals surface area contributed by atoms with Crippen molar-refractivity contribution in [1.82, 2.24) is 9.97 Å². The first kappa shape index (κ1) is 11.8. The van der Waals surface area contributed by atoms with Crippen molar-refractivity contribution in [2.24, 2.45) is 0 Å². The van der Waals surface area contributed by atoms with E-state index in [-0.39, 0.29) is 0 Å². The van der Waals surface area contributed by atoms with E-state index in [9.17, 15) is 0 Å². The molecule has 5 heteroatoms. The Morgan fingerprint density at radius 3 is 2.94 bits per heavy atom. The number of imidazole rings is 1. The first-order chi connectivity index (χ1) is 8.20. The van der Waals surface area contributed by atoms with E-state index < -0.39 is 0 Å². The predicted octanol–water partition coefficient (Wildman–Crippen LogP) is 2.99. The molecule has 17 heavy (non-hydrogen) atoms. The minimum atomic E-state index is 0.631. The van der Waals surface area contributed by atoms with Crippen LogP contribution >= 0.6 is 11.6 Å². The van der Waals surface area contributed by atoms with E-state index in [2.05, 4.69) is 15.3 Å². The number of anilines is 1. The fraction of sp³-hybridized carbons (Fsp3) is 0.250. The number of benzene rings is 1. The van der Waals surface area contributed by atoms with Crippen LogP contribution in [0.2, 0.25) is 5.02 Å². The fourth-order valence-corrected chi connectivity index (χ4v) is 1.73. The summed E-state index contributed by atoms with van der Waals surface area (Å²) >= 11 is 5.95. The number of hydrogen-bond donors (Lipinski definition) is 2. The van der Waals surface area contributed by atoms with Crippen molar-refractivity contribution in [3.63, 3.8) is 0 Å². The zero-order chi connectivity index (χ0) is 12.3. The molecule has 0 radical (unpaired) electrons. The number of hydrogen-bond acceptors (Lipinski definition) is 3. The van der Waals surface area contributed by atoms with E-state index in [1.54, 1.807) is 19.5 Å². The van der Waals surface area contributed by atoms with Gasteiger partial charge in [-0.15, -0.1) is 0 Å². The van der Waals surface area contributed by atoms with Crippen molar-refractivity contribution in [3.8, 4) is 5.75 Å². The van der Waals surface area contributed by atoms with Crippen molar-refractivity contribution >= 4 is 17.3 Å². The molecule has 0 aliphatic carbocycles. The van der Waals surface area contributed by atoms with Gasteiger partial charge >= 0.3 is 0 Å². The lowest BCUT2D eigenvalue weighted by atomic mass is 10.2. The Bertz CT molecular complexity index is 510. The number of aryl methyl sites for hydroxylation is 1. The lowest BCUT2D eigenvalue weighted by Crippen LogP contribution is -2.03. The van der Waals surface area contributed by atoms with E-state index in [1.165, 1.54) is 0 Å². The second kappa shape index (κ2) is 5.10. The van der Waals surface area contributed by atoms with Crippen LogP contribution in [-0.2, 0) is 6.54 Å². The highest BCUT2D eigenvalue weighted by Crippen LogP contribution is 2.28. The van der Waals surface area contributed by atoms with Gasteiger partial charge < -0.3 is 15.0 Å². The number of nitrogens with zero attached hydrogens (tertiary/aromatic N) is 1. The van der Waals surface area contributed by atoms with Gasteiger partial charge in [-0.25, -0.2) is 4.98 Å². The van der Waals surface area contributed by atoms with Crippen LogP contribution in [0.15, 0.2) is 24.5 Å². The zero-order valence-corrected chi connectivity index (χ0v) is 10.5. The molecule has 0 unspecified atom stereocenters. The largest absolute Gasteiger partial charge is 0.495 e. The summed E-state index contributed by atoms with van der Waals surface area (Å²) in [5.74, 6) is 0.766. The first-order valence-corrected chi connectivity index (χ1v) is 5.64. The Balaban J connectivity index is 2.13. The van der Waals surface area contributed by atoms with E-state index in [4.69, 9.17) is 16.3 Å². The molecule has 0 saturated carbocycles. The molecule has 4 nitrogen and oxygen atoms in total. The lowest BCUT2D eigenvalue weighted by molar-refractivity contribution is 0.416. The third kappa shape index (κ3) is 2.71. The molecule has 2 N–H and O–H groups in total. The van der Waals surface area contributed by atoms with Gasteiger partial charge in [0.25, 0.3) is 0 Å². The van der Waals surface area contributed by atoms with Crippen LogP contribution in [0.1, 0.15) is 11.4 Å². The summed E-state index contributed by atoms with van der Waals surface area (Å²) in [6, 6.07) is 5.47. The minimum Gasteiger partial charge on any atom is -0.495 e. The maximum absolute atomic E-state index is 5.95. The van der Waals surface area contributed by atoms with Crippen LogP contribution in [0.5, 0.6) is 5.75 Å². The highest BCUT2D eigenvalue weighted by atomic mass is 35.5. The SMILES string of the molecule is COc1ccc(Cl)cc1NCc1nc[nH]c1C. The van der Waals surface area contributed by atoms with Gasteiger partial charge in [-0.3, -0.25) is 0 Å². The van der Waals surface area contributed by atoms with Gasteiger partial charge in [0, 0.05) is 10.7 Å². The van der Waals surface area contributed by atoms with E-state index in [0.717, 1.165) is 22.8 Å². The van der Waals surface area contributed by atoms with Gasteiger partial charge in [0.2, 0.25) is 0 Å². The Kier molecular flexibility index (Phi) is 3.54. The number of aromatic amines is 1. The summed E-state index contributed by atoms with van der Waals surface area (Å²) < 4.78 is 5.25. The third-order valence-electron chi connectivity index (χ3n) is 2.54. The number of rotatable bonds is 4. The van der Waals surface area contributed by atoms with Crippen LogP contribution in [-0.4, -0.2) is 17.1 Å². The topological polar surface area (TPSA) is 49.9 Å². The molecule has 1 aromatic carbocycles. The smallest absolute Gasteiger partial charge is 0.142 e. The maximum Gasteiger partial charge on any atom is 0.142 e. The first-order valence-electron chi connectivity index (χ1n) is 5.27. The number of aromatic nitrogens is 2. The predicted molar refractivity (Wildman–Crippen MR) is 68.7 cm³/mol. The number of nitrogens with one attached hydrogen (secondary N) is 2. The normalized spacial score (nSPS) is 10.3. The second-order valence-electron chi connectivity index (χ2n) is 3.67. The maximum atomic E-state index is 5.95. The quantitative estimate of drug-likeness (QED) is 0.878. The molecule has 0 aliphatic heterocycles. The highest BCUT2D eigenvalue weighted by Gasteiger charge is 2.05. The van der Waals surface area contributed by atoms with Crippen molar-refractivity contribution in [3.05, 3.63) is 40.9 Å². The highest BCUT2D eigenvalue weighted by molar-refractivity contribution is 6.30. The summed E-state index contributed by atoms with van der Waals surface area (Å²) in [5, 5.41) is 3.93. The molecule has 0 saturated heterocycles. The standard InChI is InChI=1S/C12H14ClN3O/c1-8-11(16-7-15-8)6-14-10-5-9(13)3-4-12(10)17-2/h3-5,7,14H,6H2,1-2H3,(H,15,16). The average Bonchev–Trinajstić information content (AvgIpc) is 2.72. The van der Waals surface area contributed by atoms with E-state index in [0.29, 0.717) is 11.6 Å². The van der Waals surface area contributed by atoms with Crippen molar-refractivity contribution in [2.45, 2.75) is 13.5 Å². The Morgan fingerprint density at radius 1 is 1.47 bits per heavy atom. The fourth-order valence-electron chi connectivity index (χ4n) is 1.56. The summed E-state index contributed by atoms with van der Waals surface area (Å²) in [7, 11) is 1.63. The van der Waals surface area contributed by atoms with Crippen LogP contribution < -0.4 is 10.1 Å². The minimum absolute atomic E-state index is 0.631. The molecule has 0 aliphatic rings. The second-order valence-corrected chi connectivity index (χ2v) is 4.11. The van der Waals surface area contributed by atoms with Gasteiger partial charge in [0.05, 0.1) is 31.4 Å². The Labute approximate surface area is 105 Å². The molecule has 1 heterocycles. The Morgan fingerprint density at radius 2 is 2.29 bits per heavy atom. The van der Waals surface area contributed by atoms with Gasteiger partial charge in [0.15, 0.2) is 0 Å². The number of H-pyrrole nitrogens is 1. The number of methoxy groups -OCH3 is 1. The molecule has 90 valence electrons. The molecule has 0 amide bonds. The van der Waals surface area contributed by atoms with Gasteiger partial charge in [-0.1, -0.05) is 11.6 Å². The number of ether oxygens (including phenoxy) is 1. The van der Waals surface area contributed by atoms with Crippen molar-refractivity contribution < 1.29 is 4.74 Å². The van der Waals surface area contributed by atoms with E-state index in [1.807, 2.05) is 19.1 Å². The van der Waals surface area contributed by atoms with Crippen LogP contribution in [0.4, 0.5) is 5.69 Å². The summed E-state index contributed by atoms with van der Waals surface area (Å²) in [6.45, 7) is 2.62.